The maximum absolute atomic E-state index is 13.5. The molecule has 3 aromatic rings. The second-order valence-corrected chi connectivity index (χ2v) is 9.97. The molecule has 1 aromatic carbocycles. The Kier molecular flexibility index (Phi) is 5.56. The number of aryl methyl sites for hydroxylation is 1. The number of esters is 1. The van der Waals surface area contributed by atoms with Crippen LogP contribution in [0.5, 0.6) is 5.75 Å². The highest BCUT2D eigenvalue weighted by Crippen LogP contribution is 2.40. The SMILES string of the molecule is CCc1c2c(nc3ccc(OC(=O)N4CCCCC4)cc13)-c1cc3c(c(=O)n1C2)COC(=O)C3(O)CC. The van der Waals surface area contributed by atoms with Crippen molar-refractivity contribution < 1.29 is 24.2 Å². The van der Waals surface area contributed by atoms with Crippen molar-refractivity contribution in [3.8, 4) is 17.1 Å². The van der Waals surface area contributed by atoms with E-state index in [9.17, 15) is 19.5 Å². The van der Waals surface area contributed by atoms with Gasteiger partial charge in [-0.2, -0.15) is 0 Å². The van der Waals surface area contributed by atoms with Gasteiger partial charge in [0, 0.05) is 29.6 Å². The summed E-state index contributed by atoms with van der Waals surface area (Å²) in [5, 5.41) is 12.0. The molecule has 1 unspecified atom stereocenters. The van der Waals surface area contributed by atoms with Crippen LogP contribution in [0.4, 0.5) is 4.79 Å². The molecule has 0 spiro atoms. The lowest BCUT2D eigenvalue weighted by Crippen LogP contribution is -2.44. The molecule has 1 fully saturated rings. The van der Waals surface area contributed by atoms with Crippen LogP contribution in [0.3, 0.4) is 0 Å². The number of rotatable bonds is 3. The van der Waals surface area contributed by atoms with E-state index in [0.29, 0.717) is 54.3 Å². The third kappa shape index (κ3) is 3.55. The molecule has 2 aromatic heterocycles. The van der Waals surface area contributed by atoms with Crippen LogP contribution in [0.2, 0.25) is 0 Å². The van der Waals surface area contributed by atoms with Crippen LogP contribution in [-0.4, -0.2) is 44.7 Å². The number of carbonyl (C=O) groups is 2. The van der Waals surface area contributed by atoms with E-state index < -0.39 is 11.6 Å². The highest BCUT2D eigenvalue weighted by Gasteiger charge is 2.45. The Labute approximate surface area is 213 Å². The molecule has 37 heavy (non-hydrogen) atoms. The number of aromatic nitrogens is 2. The first-order valence-corrected chi connectivity index (χ1v) is 12.9. The summed E-state index contributed by atoms with van der Waals surface area (Å²) in [5.41, 5.74) is 2.37. The van der Waals surface area contributed by atoms with Gasteiger partial charge in [0.05, 0.1) is 29.0 Å². The van der Waals surface area contributed by atoms with Crippen molar-refractivity contribution in [2.45, 2.75) is 64.7 Å². The van der Waals surface area contributed by atoms with E-state index in [1.807, 2.05) is 19.1 Å². The topological polar surface area (TPSA) is 111 Å². The van der Waals surface area contributed by atoms with Gasteiger partial charge in [0.2, 0.25) is 0 Å². The molecular weight excluding hydrogens is 474 g/mol. The number of hydrogen-bond acceptors (Lipinski definition) is 7. The van der Waals surface area contributed by atoms with Gasteiger partial charge in [0.15, 0.2) is 5.60 Å². The molecule has 0 bridgehead atoms. The fraction of sp³-hybridized carbons (Fsp3) is 0.429. The van der Waals surface area contributed by atoms with Gasteiger partial charge in [-0.15, -0.1) is 0 Å². The number of benzene rings is 1. The van der Waals surface area contributed by atoms with E-state index in [-0.39, 0.29) is 24.7 Å². The number of amides is 1. The van der Waals surface area contributed by atoms with E-state index in [2.05, 4.69) is 0 Å². The van der Waals surface area contributed by atoms with Gasteiger partial charge in [-0.1, -0.05) is 13.8 Å². The first-order chi connectivity index (χ1) is 17.9. The second kappa shape index (κ2) is 8.69. The lowest BCUT2D eigenvalue weighted by Gasteiger charge is -2.31. The highest BCUT2D eigenvalue weighted by molar-refractivity contribution is 5.90. The van der Waals surface area contributed by atoms with Gasteiger partial charge < -0.3 is 24.0 Å². The highest BCUT2D eigenvalue weighted by atomic mass is 16.6. The van der Waals surface area contributed by atoms with Crippen LogP contribution in [0.15, 0.2) is 29.1 Å². The number of piperidine rings is 1. The minimum atomic E-state index is -1.86. The lowest BCUT2D eigenvalue weighted by atomic mass is 9.86. The number of cyclic esters (lactones) is 1. The molecule has 1 N–H and O–H groups in total. The van der Waals surface area contributed by atoms with Crippen LogP contribution >= 0.6 is 0 Å². The Morgan fingerprint density at radius 2 is 1.92 bits per heavy atom. The van der Waals surface area contributed by atoms with E-state index in [4.69, 9.17) is 14.5 Å². The van der Waals surface area contributed by atoms with Crippen molar-refractivity contribution in [2.24, 2.45) is 0 Å². The van der Waals surface area contributed by atoms with Crippen LogP contribution in [0.1, 0.15) is 61.8 Å². The Morgan fingerprint density at radius 3 is 2.65 bits per heavy atom. The maximum Gasteiger partial charge on any atom is 0.415 e. The number of fused-ring (bicyclic) bond motifs is 5. The number of carbonyl (C=O) groups excluding carboxylic acids is 2. The predicted molar refractivity (Wildman–Crippen MR) is 135 cm³/mol. The van der Waals surface area contributed by atoms with Crippen molar-refractivity contribution >= 4 is 23.0 Å². The quantitative estimate of drug-likeness (QED) is 0.425. The summed E-state index contributed by atoms with van der Waals surface area (Å²) in [5.74, 6) is -0.274. The fourth-order valence-corrected chi connectivity index (χ4v) is 5.85. The van der Waals surface area contributed by atoms with Gasteiger partial charge in [0.1, 0.15) is 12.4 Å². The zero-order valence-corrected chi connectivity index (χ0v) is 21.0. The molecule has 192 valence electrons. The van der Waals surface area contributed by atoms with Crippen molar-refractivity contribution in [3.05, 3.63) is 56.9 Å². The zero-order chi connectivity index (χ0) is 25.9. The molecule has 9 nitrogen and oxygen atoms in total. The Balaban J connectivity index is 1.44. The van der Waals surface area contributed by atoms with Crippen molar-refractivity contribution in [2.75, 3.05) is 13.1 Å². The Hall–Kier alpha value is -3.72. The summed E-state index contributed by atoms with van der Waals surface area (Å²) in [6.45, 7) is 5.32. The first kappa shape index (κ1) is 23.7. The Morgan fingerprint density at radius 1 is 1.14 bits per heavy atom. The molecule has 5 heterocycles. The molecule has 1 amide bonds. The summed E-state index contributed by atoms with van der Waals surface area (Å²) < 4.78 is 12.5. The standard InChI is InChI=1S/C28H29N3O6/c1-3-17-18-12-16(37-27(34)30-10-6-5-7-11-30)8-9-22(18)29-24-19(17)14-31-23(24)13-21-20(25(31)32)15-36-26(33)28(21,35)4-2/h8-9,12-13,35H,3-7,10-11,14-15H2,1-2H3. The lowest BCUT2D eigenvalue weighted by molar-refractivity contribution is -0.172. The summed E-state index contributed by atoms with van der Waals surface area (Å²) in [4.78, 5) is 45.2. The van der Waals surface area contributed by atoms with Crippen LogP contribution in [-0.2, 0) is 34.7 Å². The average Bonchev–Trinajstić information content (AvgIpc) is 3.28. The normalized spacial score (nSPS) is 20.3. The number of likely N-dealkylation sites (tertiary alicyclic amines) is 1. The summed E-state index contributed by atoms with van der Waals surface area (Å²) in [6, 6.07) is 7.14. The number of aliphatic hydroxyl groups is 1. The number of hydrogen-bond donors (Lipinski definition) is 1. The molecule has 3 aliphatic heterocycles. The van der Waals surface area contributed by atoms with Crippen molar-refractivity contribution in [1.29, 1.82) is 0 Å². The molecule has 9 heteroatoms. The molecule has 3 aliphatic rings. The Bertz CT molecular complexity index is 1520. The average molecular weight is 504 g/mol. The minimum absolute atomic E-state index is 0.0961. The summed E-state index contributed by atoms with van der Waals surface area (Å²) in [7, 11) is 0. The van der Waals surface area contributed by atoms with E-state index in [1.165, 1.54) is 0 Å². The number of ether oxygens (including phenoxy) is 2. The molecule has 0 saturated carbocycles. The van der Waals surface area contributed by atoms with E-state index in [0.717, 1.165) is 41.3 Å². The number of pyridine rings is 2. The monoisotopic (exact) mass is 503 g/mol. The molecule has 0 aliphatic carbocycles. The maximum atomic E-state index is 13.5. The van der Waals surface area contributed by atoms with Gasteiger partial charge in [0.25, 0.3) is 5.56 Å². The van der Waals surface area contributed by atoms with Crippen molar-refractivity contribution in [1.82, 2.24) is 14.5 Å². The van der Waals surface area contributed by atoms with Crippen LogP contribution < -0.4 is 10.3 Å². The predicted octanol–water partition coefficient (Wildman–Crippen LogP) is 3.63. The molecule has 1 atom stereocenters. The molecule has 6 rings (SSSR count). The third-order valence-corrected chi connectivity index (χ3v) is 7.95. The minimum Gasteiger partial charge on any atom is -0.458 e. The van der Waals surface area contributed by atoms with Gasteiger partial charge >= 0.3 is 12.1 Å². The van der Waals surface area contributed by atoms with Crippen LogP contribution in [0.25, 0.3) is 22.3 Å². The largest absolute Gasteiger partial charge is 0.458 e. The summed E-state index contributed by atoms with van der Waals surface area (Å²) >= 11 is 0. The second-order valence-electron chi connectivity index (χ2n) is 9.97. The van der Waals surface area contributed by atoms with Gasteiger partial charge in [-0.05, 0) is 61.9 Å². The smallest absolute Gasteiger partial charge is 0.415 e. The summed E-state index contributed by atoms with van der Waals surface area (Å²) in [6.07, 6.45) is 3.55. The van der Waals surface area contributed by atoms with E-state index >= 15 is 0 Å². The zero-order valence-electron chi connectivity index (χ0n) is 21.0. The third-order valence-electron chi connectivity index (χ3n) is 7.95. The van der Waals surface area contributed by atoms with Gasteiger partial charge in [-0.3, -0.25) is 4.79 Å². The fourth-order valence-electron chi connectivity index (χ4n) is 5.85. The first-order valence-electron chi connectivity index (χ1n) is 12.9. The van der Waals surface area contributed by atoms with E-state index in [1.54, 1.807) is 28.5 Å². The van der Waals surface area contributed by atoms with Gasteiger partial charge in [-0.25, -0.2) is 14.6 Å². The molecular formula is C28H29N3O6. The van der Waals surface area contributed by atoms with Crippen LogP contribution in [0, 0.1) is 0 Å². The molecule has 0 radical (unpaired) electrons. The van der Waals surface area contributed by atoms with Crippen molar-refractivity contribution in [3.63, 3.8) is 0 Å². The molecule has 1 saturated heterocycles. The number of nitrogens with zero attached hydrogens (tertiary/aromatic N) is 3.